The Morgan fingerprint density at radius 3 is 3.20 bits per heavy atom. The van der Waals surface area contributed by atoms with Crippen LogP contribution in [0.2, 0.25) is 0 Å². The Labute approximate surface area is 118 Å². The van der Waals surface area contributed by atoms with Crippen LogP contribution in [0.3, 0.4) is 0 Å². The van der Waals surface area contributed by atoms with Crippen LogP contribution in [0.25, 0.3) is 11.0 Å². The molecule has 20 heavy (non-hydrogen) atoms. The number of anilines is 1. The van der Waals surface area contributed by atoms with E-state index in [-0.39, 0.29) is 5.82 Å². The molecule has 5 heteroatoms. The first kappa shape index (κ1) is 13.4. The summed E-state index contributed by atoms with van der Waals surface area (Å²) in [7, 11) is 0. The van der Waals surface area contributed by atoms with E-state index in [1.165, 1.54) is 31.4 Å². The molecule has 1 saturated heterocycles. The summed E-state index contributed by atoms with van der Waals surface area (Å²) in [4.78, 5) is 10.2. The second kappa shape index (κ2) is 5.79. The maximum absolute atomic E-state index is 13.3. The number of hydrogen-bond acceptors (Lipinski definition) is 3. The Morgan fingerprint density at radius 1 is 1.45 bits per heavy atom. The molecule has 1 fully saturated rings. The average molecular weight is 276 g/mol. The Morgan fingerprint density at radius 2 is 2.35 bits per heavy atom. The number of piperidine rings is 1. The van der Waals surface area contributed by atoms with E-state index in [1.54, 1.807) is 6.07 Å². The van der Waals surface area contributed by atoms with Crippen molar-refractivity contribution in [1.29, 1.82) is 0 Å². The fourth-order valence-corrected chi connectivity index (χ4v) is 2.91. The molecule has 3 rings (SSSR count). The van der Waals surface area contributed by atoms with E-state index in [4.69, 9.17) is 0 Å². The van der Waals surface area contributed by atoms with Crippen molar-refractivity contribution in [1.82, 2.24) is 15.3 Å². The molecule has 0 radical (unpaired) electrons. The lowest BCUT2D eigenvalue weighted by molar-refractivity contribution is 0.434. The van der Waals surface area contributed by atoms with Crippen LogP contribution in [-0.2, 0) is 0 Å². The molecule has 2 heterocycles. The molecule has 0 bridgehead atoms. The number of nitrogens with one attached hydrogen (secondary N) is 2. The number of fused-ring (bicyclic) bond motifs is 1. The van der Waals surface area contributed by atoms with E-state index in [1.807, 2.05) is 0 Å². The Bertz CT molecular complexity index is 580. The Hall–Kier alpha value is -1.62. The van der Waals surface area contributed by atoms with E-state index in [2.05, 4.69) is 27.1 Å². The van der Waals surface area contributed by atoms with Crippen molar-refractivity contribution < 1.29 is 4.39 Å². The van der Waals surface area contributed by atoms with Gasteiger partial charge in [-0.3, -0.25) is 0 Å². The highest BCUT2D eigenvalue weighted by Gasteiger charge is 2.24. The molecule has 0 saturated carbocycles. The smallest absolute Gasteiger partial charge is 0.204 e. The van der Waals surface area contributed by atoms with Gasteiger partial charge in [0.25, 0.3) is 0 Å². The lowest BCUT2D eigenvalue weighted by atomic mass is 10.0. The first-order chi connectivity index (χ1) is 9.78. The maximum Gasteiger partial charge on any atom is 0.204 e. The Kier molecular flexibility index (Phi) is 3.87. The van der Waals surface area contributed by atoms with Crippen LogP contribution in [-0.4, -0.2) is 35.6 Å². The molecule has 1 aromatic heterocycles. The number of aromatic amines is 1. The van der Waals surface area contributed by atoms with Crippen molar-refractivity contribution >= 4 is 17.0 Å². The summed E-state index contributed by atoms with van der Waals surface area (Å²) in [6.07, 6.45) is 3.63. The van der Waals surface area contributed by atoms with Crippen LogP contribution < -0.4 is 10.2 Å². The van der Waals surface area contributed by atoms with Gasteiger partial charge in [0.05, 0.1) is 11.0 Å². The zero-order valence-electron chi connectivity index (χ0n) is 11.8. The van der Waals surface area contributed by atoms with Crippen LogP contribution in [0.1, 0.15) is 26.2 Å². The van der Waals surface area contributed by atoms with Crippen LogP contribution >= 0.6 is 0 Å². The largest absolute Gasteiger partial charge is 0.338 e. The van der Waals surface area contributed by atoms with Gasteiger partial charge in [0.2, 0.25) is 5.95 Å². The lowest BCUT2D eigenvalue weighted by Gasteiger charge is -2.35. The minimum Gasteiger partial charge on any atom is -0.338 e. The molecule has 1 unspecified atom stereocenters. The van der Waals surface area contributed by atoms with Gasteiger partial charge in [-0.1, -0.05) is 6.92 Å². The monoisotopic (exact) mass is 276 g/mol. The SMILES string of the molecule is CCNCC1CCCCN1c1nc2ccc(F)cc2[nH]1. The number of H-pyrrole nitrogens is 1. The van der Waals surface area contributed by atoms with Crippen molar-refractivity contribution in [3.05, 3.63) is 24.0 Å². The summed E-state index contributed by atoms with van der Waals surface area (Å²) in [5.74, 6) is 0.642. The Balaban J connectivity index is 1.86. The predicted octanol–water partition coefficient (Wildman–Crippen LogP) is 2.67. The summed E-state index contributed by atoms with van der Waals surface area (Å²) in [5, 5.41) is 3.42. The summed E-state index contributed by atoms with van der Waals surface area (Å²) in [6.45, 7) is 5.09. The molecule has 0 spiro atoms. The van der Waals surface area contributed by atoms with Crippen LogP contribution in [0, 0.1) is 5.82 Å². The van der Waals surface area contributed by atoms with Crippen LogP contribution in [0.5, 0.6) is 0 Å². The number of nitrogens with zero attached hydrogens (tertiary/aromatic N) is 2. The number of hydrogen-bond donors (Lipinski definition) is 2. The van der Waals surface area contributed by atoms with Crippen molar-refractivity contribution in [2.45, 2.75) is 32.2 Å². The third-order valence-electron chi connectivity index (χ3n) is 3.96. The molecule has 1 aliphatic rings. The average Bonchev–Trinajstić information content (AvgIpc) is 2.88. The minimum absolute atomic E-state index is 0.226. The molecule has 0 aliphatic carbocycles. The second-order valence-corrected chi connectivity index (χ2v) is 5.37. The number of aromatic nitrogens is 2. The normalized spacial score (nSPS) is 19.7. The van der Waals surface area contributed by atoms with E-state index in [0.717, 1.165) is 36.6 Å². The molecule has 0 amide bonds. The van der Waals surface area contributed by atoms with Crippen LogP contribution in [0.15, 0.2) is 18.2 Å². The number of benzene rings is 1. The van der Waals surface area contributed by atoms with Gasteiger partial charge >= 0.3 is 0 Å². The summed E-state index contributed by atoms with van der Waals surface area (Å²) >= 11 is 0. The molecule has 1 aliphatic heterocycles. The summed E-state index contributed by atoms with van der Waals surface area (Å²) < 4.78 is 13.3. The van der Waals surface area contributed by atoms with Gasteiger partial charge in [-0.2, -0.15) is 0 Å². The quantitative estimate of drug-likeness (QED) is 0.902. The standard InChI is InChI=1S/C15H21FN4/c1-2-17-10-12-5-3-4-8-20(12)15-18-13-7-6-11(16)9-14(13)19-15/h6-7,9,12,17H,2-5,8,10H2,1H3,(H,18,19). The van der Waals surface area contributed by atoms with Crippen molar-refractivity contribution in [2.75, 3.05) is 24.5 Å². The zero-order valence-corrected chi connectivity index (χ0v) is 11.8. The van der Waals surface area contributed by atoms with E-state index in [0.29, 0.717) is 6.04 Å². The highest BCUT2D eigenvalue weighted by molar-refractivity contribution is 5.77. The predicted molar refractivity (Wildman–Crippen MR) is 79.6 cm³/mol. The van der Waals surface area contributed by atoms with E-state index >= 15 is 0 Å². The van der Waals surface area contributed by atoms with Gasteiger partial charge in [-0.25, -0.2) is 9.37 Å². The van der Waals surface area contributed by atoms with Crippen LogP contribution in [0.4, 0.5) is 10.3 Å². The molecule has 2 aromatic rings. The van der Waals surface area contributed by atoms with Gasteiger partial charge in [-0.05, 0) is 44.0 Å². The van der Waals surface area contributed by atoms with Crippen molar-refractivity contribution in [2.24, 2.45) is 0 Å². The van der Waals surface area contributed by atoms with Gasteiger partial charge < -0.3 is 15.2 Å². The number of imidazole rings is 1. The minimum atomic E-state index is -0.226. The summed E-state index contributed by atoms with van der Waals surface area (Å²) in [6, 6.07) is 5.16. The van der Waals surface area contributed by atoms with Gasteiger partial charge in [0.1, 0.15) is 5.82 Å². The number of likely N-dealkylation sites (N-methyl/N-ethyl adjacent to an activating group) is 1. The zero-order chi connectivity index (χ0) is 13.9. The summed E-state index contributed by atoms with van der Waals surface area (Å²) in [5.41, 5.74) is 1.60. The van der Waals surface area contributed by atoms with E-state index < -0.39 is 0 Å². The number of halogens is 1. The highest BCUT2D eigenvalue weighted by Crippen LogP contribution is 2.24. The highest BCUT2D eigenvalue weighted by atomic mass is 19.1. The molecule has 1 aromatic carbocycles. The molecule has 2 N–H and O–H groups in total. The fourth-order valence-electron chi connectivity index (χ4n) is 2.91. The molecule has 1 atom stereocenters. The van der Waals surface area contributed by atoms with E-state index in [9.17, 15) is 4.39 Å². The van der Waals surface area contributed by atoms with Crippen molar-refractivity contribution in [3.8, 4) is 0 Å². The van der Waals surface area contributed by atoms with Gasteiger partial charge in [0, 0.05) is 19.1 Å². The number of rotatable bonds is 4. The molecular formula is C15H21FN4. The molecule has 4 nitrogen and oxygen atoms in total. The first-order valence-corrected chi connectivity index (χ1v) is 7.40. The second-order valence-electron chi connectivity index (χ2n) is 5.37. The molecule has 108 valence electrons. The lowest BCUT2D eigenvalue weighted by Crippen LogP contribution is -2.46. The third-order valence-corrected chi connectivity index (χ3v) is 3.96. The maximum atomic E-state index is 13.3. The topological polar surface area (TPSA) is 44.0 Å². The fraction of sp³-hybridized carbons (Fsp3) is 0.533. The van der Waals surface area contributed by atoms with Gasteiger partial charge in [-0.15, -0.1) is 0 Å². The molecular weight excluding hydrogens is 255 g/mol. The third kappa shape index (κ3) is 2.63. The van der Waals surface area contributed by atoms with Crippen molar-refractivity contribution in [3.63, 3.8) is 0 Å². The van der Waals surface area contributed by atoms with Gasteiger partial charge in [0.15, 0.2) is 0 Å². The first-order valence-electron chi connectivity index (χ1n) is 7.40.